The lowest BCUT2D eigenvalue weighted by Crippen LogP contribution is -2.50. The Morgan fingerprint density at radius 3 is 2.31 bits per heavy atom. The van der Waals surface area contributed by atoms with Crippen LogP contribution in [-0.4, -0.2) is 52.5 Å². The van der Waals surface area contributed by atoms with Crippen LogP contribution in [0.2, 0.25) is 0 Å². The summed E-state index contributed by atoms with van der Waals surface area (Å²) in [5, 5.41) is 14.5. The summed E-state index contributed by atoms with van der Waals surface area (Å²) >= 11 is 0. The van der Waals surface area contributed by atoms with Crippen LogP contribution >= 0.6 is 0 Å². The standard InChI is InChI=1S/C22H26FN3O6/c1-10-9-14(7-8-15(10)23)24-20(29)16-11(2)18(26(5)12(16)3)19(28)21(30)25-17(13(4)27)22(31)32-6/h7-9,13,17,27H,1-6H3,(H,24,29)(H,25,30)/t13-,17?/m1/s1. The van der Waals surface area contributed by atoms with E-state index in [0.717, 1.165) is 7.11 Å². The Balaban J connectivity index is 2.34. The predicted molar refractivity (Wildman–Crippen MR) is 114 cm³/mol. The monoisotopic (exact) mass is 447 g/mol. The molecule has 0 saturated heterocycles. The Hall–Kier alpha value is -3.53. The molecule has 0 aliphatic carbocycles. The largest absolute Gasteiger partial charge is 0.467 e. The van der Waals surface area contributed by atoms with Gasteiger partial charge in [-0.15, -0.1) is 0 Å². The third-order valence-electron chi connectivity index (χ3n) is 5.22. The van der Waals surface area contributed by atoms with E-state index >= 15 is 0 Å². The lowest BCUT2D eigenvalue weighted by molar-refractivity contribution is -0.147. The second kappa shape index (κ2) is 9.73. The lowest BCUT2D eigenvalue weighted by atomic mass is 10.1. The fourth-order valence-corrected chi connectivity index (χ4v) is 3.37. The molecule has 2 aromatic rings. The summed E-state index contributed by atoms with van der Waals surface area (Å²) in [5.41, 5.74) is 1.55. The molecule has 0 spiro atoms. The molecule has 10 heteroatoms. The normalized spacial score (nSPS) is 12.6. The van der Waals surface area contributed by atoms with E-state index in [1.54, 1.807) is 13.8 Å². The molecule has 9 nitrogen and oxygen atoms in total. The first-order valence-electron chi connectivity index (χ1n) is 9.75. The van der Waals surface area contributed by atoms with Crippen molar-refractivity contribution in [2.75, 3.05) is 12.4 Å². The number of aryl methyl sites for hydroxylation is 1. The Morgan fingerprint density at radius 2 is 1.78 bits per heavy atom. The highest BCUT2D eigenvalue weighted by Crippen LogP contribution is 2.24. The number of Topliss-reactive ketones (excluding diaryl/α,β-unsaturated/α-hetero) is 1. The maximum Gasteiger partial charge on any atom is 0.331 e. The number of esters is 1. The molecule has 32 heavy (non-hydrogen) atoms. The van der Waals surface area contributed by atoms with Crippen LogP contribution in [0.3, 0.4) is 0 Å². The van der Waals surface area contributed by atoms with Gasteiger partial charge in [-0.1, -0.05) is 0 Å². The van der Waals surface area contributed by atoms with Crippen molar-refractivity contribution in [3.8, 4) is 0 Å². The average Bonchev–Trinajstić information content (AvgIpc) is 2.95. The van der Waals surface area contributed by atoms with Crippen molar-refractivity contribution < 1.29 is 33.4 Å². The number of aromatic nitrogens is 1. The van der Waals surface area contributed by atoms with Gasteiger partial charge in [-0.25, -0.2) is 9.18 Å². The van der Waals surface area contributed by atoms with E-state index < -0.39 is 41.5 Å². The van der Waals surface area contributed by atoms with Crippen LogP contribution in [0.4, 0.5) is 10.1 Å². The molecule has 1 aromatic heterocycles. The van der Waals surface area contributed by atoms with Gasteiger partial charge in [0, 0.05) is 18.4 Å². The van der Waals surface area contributed by atoms with Gasteiger partial charge in [-0.05, 0) is 57.0 Å². The van der Waals surface area contributed by atoms with Crippen molar-refractivity contribution in [2.24, 2.45) is 7.05 Å². The molecular formula is C22H26FN3O6. The number of hydrogen-bond acceptors (Lipinski definition) is 6. The molecule has 0 radical (unpaired) electrons. The third kappa shape index (κ3) is 4.86. The summed E-state index contributed by atoms with van der Waals surface area (Å²) in [5.74, 6) is -3.96. The molecule has 2 atom stereocenters. The Bertz CT molecular complexity index is 1090. The molecule has 0 fully saturated rings. The van der Waals surface area contributed by atoms with Crippen molar-refractivity contribution in [2.45, 2.75) is 39.8 Å². The number of nitrogens with one attached hydrogen (secondary N) is 2. The fourth-order valence-electron chi connectivity index (χ4n) is 3.37. The molecule has 3 N–H and O–H groups in total. The highest BCUT2D eigenvalue weighted by atomic mass is 19.1. The van der Waals surface area contributed by atoms with E-state index in [-0.39, 0.29) is 16.8 Å². The summed E-state index contributed by atoms with van der Waals surface area (Å²) in [6.07, 6.45) is -1.30. The van der Waals surface area contributed by atoms with Crippen LogP contribution in [0.5, 0.6) is 0 Å². The second-order valence-corrected chi connectivity index (χ2v) is 7.46. The average molecular weight is 447 g/mol. The van der Waals surface area contributed by atoms with Crippen molar-refractivity contribution in [1.82, 2.24) is 9.88 Å². The Kier molecular flexibility index (Phi) is 7.52. The topological polar surface area (TPSA) is 127 Å². The first-order valence-corrected chi connectivity index (χ1v) is 9.75. The molecule has 2 rings (SSSR count). The zero-order valence-corrected chi connectivity index (χ0v) is 18.7. The van der Waals surface area contributed by atoms with Crippen LogP contribution in [-0.2, 0) is 21.4 Å². The van der Waals surface area contributed by atoms with E-state index in [9.17, 15) is 28.7 Å². The SMILES string of the molecule is COC(=O)C(NC(=O)C(=O)c1c(C)c(C(=O)Nc2ccc(F)c(C)c2)c(C)n1C)[C@@H](C)O. The zero-order valence-electron chi connectivity index (χ0n) is 18.7. The van der Waals surface area contributed by atoms with Crippen LogP contribution in [0, 0.1) is 26.6 Å². The van der Waals surface area contributed by atoms with E-state index in [4.69, 9.17) is 0 Å². The summed E-state index contributed by atoms with van der Waals surface area (Å²) < 4.78 is 19.4. The number of aliphatic hydroxyl groups excluding tert-OH is 1. The quantitative estimate of drug-likeness (QED) is 0.336. The molecular weight excluding hydrogens is 421 g/mol. The predicted octanol–water partition coefficient (Wildman–Crippen LogP) is 1.56. The van der Waals surface area contributed by atoms with Crippen molar-refractivity contribution in [3.05, 3.63) is 52.1 Å². The van der Waals surface area contributed by atoms with Gasteiger partial charge in [0.1, 0.15) is 5.82 Å². The Morgan fingerprint density at radius 1 is 1.16 bits per heavy atom. The number of benzene rings is 1. The molecule has 2 amide bonds. The van der Waals surface area contributed by atoms with E-state index in [0.29, 0.717) is 16.9 Å². The van der Waals surface area contributed by atoms with Gasteiger partial charge in [0.25, 0.3) is 17.6 Å². The van der Waals surface area contributed by atoms with Crippen LogP contribution in [0.25, 0.3) is 0 Å². The molecule has 0 aliphatic heterocycles. The molecule has 1 heterocycles. The van der Waals surface area contributed by atoms with E-state index in [1.807, 2.05) is 0 Å². The Labute approximate surface area is 184 Å². The van der Waals surface area contributed by atoms with Gasteiger partial charge in [0.2, 0.25) is 0 Å². The highest BCUT2D eigenvalue weighted by Gasteiger charge is 2.33. The number of ketones is 1. The van der Waals surface area contributed by atoms with Crippen LogP contribution in [0.1, 0.15) is 44.6 Å². The van der Waals surface area contributed by atoms with Gasteiger partial charge in [-0.3, -0.25) is 14.4 Å². The first kappa shape index (κ1) is 24.7. The van der Waals surface area contributed by atoms with Gasteiger partial charge in [0.05, 0.1) is 24.5 Å². The van der Waals surface area contributed by atoms with Crippen LogP contribution < -0.4 is 10.6 Å². The number of anilines is 1. The minimum absolute atomic E-state index is 0.0466. The number of carbonyl (C=O) groups is 4. The summed E-state index contributed by atoms with van der Waals surface area (Å²) in [6.45, 7) is 5.96. The van der Waals surface area contributed by atoms with Crippen molar-refractivity contribution in [1.29, 1.82) is 0 Å². The number of methoxy groups -OCH3 is 1. The van der Waals surface area contributed by atoms with E-state index in [1.165, 1.54) is 43.7 Å². The number of amides is 2. The number of rotatable bonds is 7. The number of aliphatic hydroxyl groups is 1. The summed E-state index contributed by atoms with van der Waals surface area (Å²) in [6, 6.07) is 2.69. The van der Waals surface area contributed by atoms with Crippen molar-refractivity contribution in [3.63, 3.8) is 0 Å². The molecule has 0 aliphatic rings. The first-order chi connectivity index (χ1) is 14.9. The highest BCUT2D eigenvalue weighted by molar-refractivity contribution is 6.43. The van der Waals surface area contributed by atoms with Gasteiger partial charge in [-0.2, -0.15) is 0 Å². The zero-order chi connectivity index (χ0) is 24.3. The number of halogens is 1. The van der Waals surface area contributed by atoms with Gasteiger partial charge >= 0.3 is 5.97 Å². The number of nitrogens with zero attached hydrogens (tertiary/aromatic N) is 1. The molecule has 1 aromatic carbocycles. The smallest absolute Gasteiger partial charge is 0.331 e. The minimum Gasteiger partial charge on any atom is -0.467 e. The molecule has 0 saturated carbocycles. The minimum atomic E-state index is -1.43. The van der Waals surface area contributed by atoms with Gasteiger partial charge < -0.3 is 25.0 Å². The van der Waals surface area contributed by atoms with E-state index in [2.05, 4.69) is 15.4 Å². The maximum atomic E-state index is 13.5. The fraction of sp³-hybridized carbons (Fsp3) is 0.364. The molecule has 1 unspecified atom stereocenters. The third-order valence-corrected chi connectivity index (χ3v) is 5.22. The van der Waals surface area contributed by atoms with Crippen LogP contribution in [0.15, 0.2) is 18.2 Å². The lowest BCUT2D eigenvalue weighted by Gasteiger charge is -2.18. The number of ether oxygens (including phenoxy) is 1. The molecule has 172 valence electrons. The van der Waals surface area contributed by atoms with Crippen molar-refractivity contribution >= 4 is 29.3 Å². The second-order valence-electron chi connectivity index (χ2n) is 7.46. The number of hydrogen-bond donors (Lipinski definition) is 3. The maximum absolute atomic E-state index is 13.5. The summed E-state index contributed by atoms with van der Waals surface area (Å²) in [7, 11) is 2.61. The van der Waals surface area contributed by atoms with Gasteiger partial charge in [0.15, 0.2) is 6.04 Å². The number of carbonyl (C=O) groups excluding carboxylic acids is 4. The molecule has 0 bridgehead atoms. The summed E-state index contributed by atoms with van der Waals surface area (Å²) in [4.78, 5) is 50.0.